The molecule has 0 bridgehead atoms. The van der Waals surface area contributed by atoms with Crippen LogP contribution in [0.1, 0.15) is 29.3 Å². The fourth-order valence-electron chi connectivity index (χ4n) is 2.95. The summed E-state index contributed by atoms with van der Waals surface area (Å²) in [5.41, 5.74) is 0.0809. The first-order valence-corrected chi connectivity index (χ1v) is 11.0. The smallest absolute Gasteiger partial charge is 0.268 e. The summed E-state index contributed by atoms with van der Waals surface area (Å²) in [6, 6.07) is 9.99. The molecule has 9 heteroatoms. The van der Waals surface area contributed by atoms with E-state index >= 15 is 0 Å². The Morgan fingerprint density at radius 3 is 2.48 bits per heavy atom. The van der Waals surface area contributed by atoms with Gasteiger partial charge < -0.3 is 9.88 Å². The lowest BCUT2D eigenvalue weighted by Crippen LogP contribution is -2.42. The number of hydrogen-bond acceptors (Lipinski definition) is 4. The Hall–Kier alpha value is -3.46. The van der Waals surface area contributed by atoms with Crippen molar-refractivity contribution in [3.05, 3.63) is 94.3 Å². The predicted octanol–water partition coefficient (Wildman–Crippen LogP) is 2.97. The molecule has 1 aliphatic rings. The van der Waals surface area contributed by atoms with Crippen molar-refractivity contribution in [1.29, 1.82) is 0 Å². The van der Waals surface area contributed by atoms with E-state index in [-0.39, 0.29) is 17.2 Å². The summed E-state index contributed by atoms with van der Waals surface area (Å²) in [5.74, 6) is -1.30. The summed E-state index contributed by atoms with van der Waals surface area (Å²) in [5, 5.41) is 0. The summed E-state index contributed by atoms with van der Waals surface area (Å²) in [6.45, 7) is 6.17. The first-order chi connectivity index (χ1) is 14.7. The van der Waals surface area contributed by atoms with Gasteiger partial charge in [-0.3, -0.25) is 14.3 Å². The summed E-state index contributed by atoms with van der Waals surface area (Å²) in [7, 11) is -4.50. The second kappa shape index (κ2) is 9.13. The molecule has 1 aromatic carbocycles. The first-order valence-electron chi connectivity index (χ1n) is 9.53. The van der Waals surface area contributed by atoms with E-state index in [1.807, 2.05) is 6.07 Å². The summed E-state index contributed by atoms with van der Waals surface area (Å²) >= 11 is 0. The topological polar surface area (TPSA) is 99.3 Å². The molecule has 2 aromatic rings. The van der Waals surface area contributed by atoms with E-state index in [0.29, 0.717) is 18.7 Å². The molecule has 2 N–H and O–H groups in total. The molecule has 1 aliphatic heterocycles. The minimum Gasteiger partial charge on any atom is -0.338 e. The van der Waals surface area contributed by atoms with Gasteiger partial charge in [-0.05, 0) is 42.7 Å². The average molecular weight is 444 g/mol. The molecule has 1 saturated heterocycles. The number of benzene rings is 1. The van der Waals surface area contributed by atoms with Gasteiger partial charge in [0.2, 0.25) is 0 Å². The molecule has 0 saturated carbocycles. The number of amides is 1. The lowest BCUT2D eigenvalue weighted by molar-refractivity contribution is 0.0651. The van der Waals surface area contributed by atoms with Gasteiger partial charge in [0.25, 0.3) is 21.5 Å². The summed E-state index contributed by atoms with van der Waals surface area (Å²) in [6.07, 6.45) is 4.21. The number of likely N-dealkylation sites (tertiary alicyclic amines) is 1. The number of nitrogens with one attached hydrogen (secondary N) is 2. The van der Waals surface area contributed by atoms with Crippen molar-refractivity contribution in [2.24, 2.45) is 0 Å². The molecule has 0 aliphatic carbocycles. The van der Waals surface area contributed by atoms with Gasteiger partial charge in [-0.25, -0.2) is 12.8 Å². The number of H-pyrrole nitrogens is 1. The zero-order valence-corrected chi connectivity index (χ0v) is 17.7. The van der Waals surface area contributed by atoms with Crippen molar-refractivity contribution < 1.29 is 17.6 Å². The van der Waals surface area contributed by atoms with E-state index in [1.165, 1.54) is 17.2 Å². The van der Waals surface area contributed by atoms with Gasteiger partial charge in [-0.15, -0.1) is 0 Å². The van der Waals surface area contributed by atoms with Crippen LogP contribution in [0.15, 0.2) is 82.5 Å². The Labute approximate surface area is 179 Å². The second-order valence-electron chi connectivity index (χ2n) is 6.99. The summed E-state index contributed by atoms with van der Waals surface area (Å²) < 4.78 is 42.4. The van der Waals surface area contributed by atoms with Crippen LogP contribution < -0.4 is 10.3 Å². The zero-order chi connectivity index (χ0) is 22.6. The molecule has 162 valence electrons. The normalized spacial score (nSPS) is 15.0. The Bertz CT molecular complexity index is 1230. The molecule has 3 rings (SSSR count). The Balaban J connectivity index is 1.97. The van der Waals surface area contributed by atoms with Crippen LogP contribution in [0.25, 0.3) is 5.57 Å². The molecular weight excluding hydrogens is 421 g/mol. The average Bonchev–Trinajstić information content (AvgIpc) is 2.72. The van der Waals surface area contributed by atoms with Crippen LogP contribution in [0.5, 0.6) is 0 Å². The molecular formula is C22H22FN3O4S. The maximum Gasteiger partial charge on any atom is 0.268 e. The third-order valence-corrected chi connectivity index (χ3v) is 6.19. The molecule has 0 unspecified atom stereocenters. The third-order valence-electron chi connectivity index (χ3n) is 4.82. The molecule has 1 amide bonds. The SMILES string of the molecule is C=C/C(F)=C(\C=C(/C)c1ccccc1)NS(=O)(=O)c1cc(C(=O)N2CCC2)c[nH]c1=O. The number of aromatic nitrogens is 1. The van der Waals surface area contributed by atoms with Gasteiger partial charge in [0.15, 0.2) is 4.90 Å². The highest BCUT2D eigenvalue weighted by Gasteiger charge is 2.26. The van der Waals surface area contributed by atoms with Crippen molar-refractivity contribution in [3.8, 4) is 0 Å². The summed E-state index contributed by atoms with van der Waals surface area (Å²) in [4.78, 5) is 27.7. The largest absolute Gasteiger partial charge is 0.338 e. The molecule has 1 fully saturated rings. The highest BCUT2D eigenvalue weighted by atomic mass is 32.2. The van der Waals surface area contributed by atoms with Gasteiger partial charge in [0.05, 0.1) is 11.3 Å². The fourth-order valence-corrected chi connectivity index (χ4v) is 4.09. The molecule has 2 heterocycles. The number of aromatic amines is 1. The standard InChI is InChI=1S/C22H22FN3O4S/c1-3-18(23)19(12-15(2)16-8-5-4-6-9-16)25-31(29,30)20-13-17(14-24-21(20)27)22(28)26-10-7-11-26/h3-6,8-9,12-14,25H,1,7,10-11H2,2H3,(H,24,27)/b15-12+,19-18-. The van der Waals surface area contributed by atoms with E-state index in [1.54, 1.807) is 31.2 Å². The number of halogens is 1. The van der Waals surface area contributed by atoms with Gasteiger partial charge in [-0.1, -0.05) is 36.9 Å². The van der Waals surface area contributed by atoms with E-state index in [2.05, 4.69) is 16.3 Å². The molecule has 7 nitrogen and oxygen atoms in total. The number of allylic oxidation sites excluding steroid dienone is 4. The van der Waals surface area contributed by atoms with Crippen molar-refractivity contribution in [1.82, 2.24) is 14.6 Å². The minimum atomic E-state index is -4.50. The molecule has 0 spiro atoms. The van der Waals surface area contributed by atoms with Crippen LogP contribution >= 0.6 is 0 Å². The van der Waals surface area contributed by atoms with Crippen molar-refractivity contribution in [2.45, 2.75) is 18.2 Å². The van der Waals surface area contributed by atoms with Crippen molar-refractivity contribution in [3.63, 3.8) is 0 Å². The van der Waals surface area contributed by atoms with Crippen molar-refractivity contribution in [2.75, 3.05) is 13.1 Å². The first kappa shape index (κ1) is 22.2. The van der Waals surface area contributed by atoms with Crippen molar-refractivity contribution >= 4 is 21.5 Å². The Morgan fingerprint density at radius 2 is 1.90 bits per heavy atom. The van der Waals surface area contributed by atoms with E-state index in [4.69, 9.17) is 0 Å². The number of carbonyl (C=O) groups is 1. The number of hydrogen-bond donors (Lipinski definition) is 2. The number of rotatable bonds is 7. The monoisotopic (exact) mass is 443 g/mol. The van der Waals surface area contributed by atoms with E-state index in [0.717, 1.165) is 24.1 Å². The lowest BCUT2D eigenvalue weighted by Gasteiger charge is -2.30. The fraction of sp³-hybridized carbons (Fsp3) is 0.182. The Morgan fingerprint density at radius 1 is 1.23 bits per heavy atom. The lowest BCUT2D eigenvalue weighted by atomic mass is 10.1. The van der Waals surface area contributed by atoms with Gasteiger partial charge >= 0.3 is 0 Å². The van der Waals surface area contributed by atoms with Crippen LogP contribution in [0.3, 0.4) is 0 Å². The number of carbonyl (C=O) groups excluding carboxylic acids is 1. The quantitative estimate of drug-likeness (QED) is 0.643. The van der Waals surface area contributed by atoms with Gasteiger partial charge in [0.1, 0.15) is 5.83 Å². The number of sulfonamides is 1. The molecule has 31 heavy (non-hydrogen) atoms. The zero-order valence-electron chi connectivity index (χ0n) is 16.9. The number of nitrogens with zero attached hydrogens (tertiary/aromatic N) is 1. The number of pyridine rings is 1. The second-order valence-corrected chi connectivity index (χ2v) is 8.64. The maximum absolute atomic E-state index is 14.4. The molecule has 0 radical (unpaired) electrons. The van der Waals surface area contributed by atoms with E-state index in [9.17, 15) is 22.4 Å². The molecule has 0 atom stereocenters. The van der Waals surface area contributed by atoms with Crippen LogP contribution in [0.4, 0.5) is 4.39 Å². The third kappa shape index (κ3) is 5.00. The van der Waals surface area contributed by atoms with Crippen LogP contribution in [-0.4, -0.2) is 37.3 Å². The van der Waals surface area contributed by atoms with Crippen LogP contribution in [0, 0.1) is 0 Å². The van der Waals surface area contributed by atoms with Gasteiger partial charge in [0, 0.05) is 19.3 Å². The van der Waals surface area contributed by atoms with Gasteiger partial charge in [-0.2, -0.15) is 0 Å². The predicted molar refractivity (Wildman–Crippen MR) is 116 cm³/mol. The highest BCUT2D eigenvalue weighted by Crippen LogP contribution is 2.19. The van der Waals surface area contributed by atoms with E-state index < -0.39 is 26.3 Å². The molecule has 1 aromatic heterocycles. The Kier molecular flexibility index (Phi) is 6.55. The van der Waals surface area contributed by atoms with Crippen LogP contribution in [-0.2, 0) is 10.0 Å². The maximum atomic E-state index is 14.4. The minimum absolute atomic E-state index is 0.0328. The van der Waals surface area contributed by atoms with Crippen LogP contribution in [0.2, 0.25) is 0 Å². The highest BCUT2D eigenvalue weighted by molar-refractivity contribution is 7.89.